The molecule has 1 aromatic heterocycles. The van der Waals surface area contributed by atoms with E-state index in [1.54, 1.807) is 4.68 Å². The summed E-state index contributed by atoms with van der Waals surface area (Å²) >= 11 is 1.16. The number of hydrogen-bond acceptors (Lipinski definition) is 6. The van der Waals surface area contributed by atoms with Crippen molar-refractivity contribution in [2.45, 2.75) is 31.5 Å². The van der Waals surface area contributed by atoms with Gasteiger partial charge in [-0.05, 0) is 39.6 Å². The molecule has 3 amide bonds. The smallest absolute Gasteiger partial charge is 0.321 e. The van der Waals surface area contributed by atoms with E-state index in [0.717, 1.165) is 23.0 Å². The Hall–Kier alpha value is -3.20. The fourth-order valence-corrected chi connectivity index (χ4v) is 3.24. The maximum Gasteiger partial charge on any atom is 0.321 e. The molecule has 0 aliphatic carbocycles. The third kappa shape index (κ3) is 5.89. The van der Waals surface area contributed by atoms with Gasteiger partial charge in [-0.15, -0.1) is 5.10 Å². The minimum absolute atomic E-state index is 0.0171. The predicted octanol–water partition coefficient (Wildman–Crippen LogP) is 2.90. The molecule has 0 radical (unpaired) electrons. The predicted molar refractivity (Wildman–Crippen MR) is 111 cm³/mol. The second kappa shape index (κ2) is 9.83. The van der Waals surface area contributed by atoms with E-state index in [9.17, 15) is 9.59 Å². The summed E-state index contributed by atoms with van der Waals surface area (Å²) in [6, 6.07) is 16.9. The van der Waals surface area contributed by atoms with Gasteiger partial charge in [-0.3, -0.25) is 10.1 Å². The van der Waals surface area contributed by atoms with Crippen LogP contribution in [0.5, 0.6) is 0 Å². The van der Waals surface area contributed by atoms with Crippen LogP contribution >= 0.6 is 11.8 Å². The Morgan fingerprint density at radius 3 is 2.48 bits per heavy atom. The standard InChI is InChI=1S/C20H22N6O2S/c1-14(2)16-8-10-17(11-9-16)26-20(23-24-25-26)29-13-18(27)22-19(28)21-12-15-6-4-3-5-7-15/h3-11,14H,12-13H2,1-2H3,(H2,21,22,27,28). The van der Waals surface area contributed by atoms with Crippen molar-refractivity contribution < 1.29 is 9.59 Å². The monoisotopic (exact) mass is 410 g/mol. The number of tetrazole rings is 1. The van der Waals surface area contributed by atoms with Crippen LogP contribution in [0.15, 0.2) is 59.8 Å². The number of carbonyl (C=O) groups excluding carboxylic acids is 2. The van der Waals surface area contributed by atoms with E-state index in [2.05, 4.69) is 40.0 Å². The fourth-order valence-electron chi connectivity index (χ4n) is 2.55. The number of benzene rings is 2. The zero-order valence-corrected chi connectivity index (χ0v) is 17.0. The van der Waals surface area contributed by atoms with Crippen molar-refractivity contribution in [1.29, 1.82) is 0 Å². The Balaban J connectivity index is 1.50. The van der Waals surface area contributed by atoms with Gasteiger partial charge in [0.05, 0.1) is 11.4 Å². The van der Waals surface area contributed by atoms with E-state index in [-0.39, 0.29) is 5.75 Å². The molecule has 3 aromatic rings. The molecule has 0 spiro atoms. The highest BCUT2D eigenvalue weighted by molar-refractivity contribution is 7.99. The first-order valence-corrected chi connectivity index (χ1v) is 10.1. The van der Waals surface area contributed by atoms with Crippen LogP contribution in [0.4, 0.5) is 4.79 Å². The lowest BCUT2D eigenvalue weighted by Crippen LogP contribution is -2.40. The van der Waals surface area contributed by atoms with Gasteiger partial charge in [-0.2, -0.15) is 4.68 Å². The van der Waals surface area contributed by atoms with E-state index >= 15 is 0 Å². The number of amides is 3. The maximum atomic E-state index is 12.1. The van der Waals surface area contributed by atoms with Crippen molar-refractivity contribution in [3.63, 3.8) is 0 Å². The first-order chi connectivity index (χ1) is 14.0. The number of nitrogens with one attached hydrogen (secondary N) is 2. The van der Waals surface area contributed by atoms with Crippen LogP contribution in [0.25, 0.3) is 5.69 Å². The molecule has 3 rings (SSSR count). The Kier molecular flexibility index (Phi) is 6.96. The molecule has 0 unspecified atom stereocenters. The second-order valence-electron chi connectivity index (χ2n) is 6.62. The molecule has 29 heavy (non-hydrogen) atoms. The molecule has 0 saturated heterocycles. The molecule has 150 valence electrons. The van der Waals surface area contributed by atoms with Gasteiger partial charge >= 0.3 is 6.03 Å². The molecule has 8 nitrogen and oxygen atoms in total. The third-order valence-electron chi connectivity index (χ3n) is 4.13. The zero-order chi connectivity index (χ0) is 20.6. The first kappa shape index (κ1) is 20.5. The van der Waals surface area contributed by atoms with Gasteiger partial charge in [-0.25, -0.2) is 4.79 Å². The van der Waals surface area contributed by atoms with Gasteiger partial charge in [0.1, 0.15) is 0 Å². The van der Waals surface area contributed by atoms with Crippen molar-refractivity contribution in [3.05, 3.63) is 65.7 Å². The highest BCUT2D eigenvalue weighted by atomic mass is 32.2. The number of aromatic nitrogens is 4. The van der Waals surface area contributed by atoms with Gasteiger partial charge in [-0.1, -0.05) is 68.1 Å². The third-order valence-corrected chi connectivity index (χ3v) is 5.05. The molecular weight excluding hydrogens is 388 g/mol. The highest BCUT2D eigenvalue weighted by Gasteiger charge is 2.13. The summed E-state index contributed by atoms with van der Waals surface area (Å²) in [7, 11) is 0. The average Bonchev–Trinajstić information content (AvgIpc) is 3.20. The van der Waals surface area contributed by atoms with Gasteiger partial charge in [0.2, 0.25) is 11.1 Å². The van der Waals surface area contributed by atoms with E-state index in [0.29, 0.717) is 17.6 Å². The van der Waals surface area contributed by atoms with E-state index in [1.165, 1.54) is 5.56 Å². The molecular formula is C20H22N6O2S. The van der Waals surface area contributed by atoms with Crippen molar-refractivity contribution >= 4 is 23.7 Å². The Bertz CT molecular complexity index is 957. The van der Waals surface area contributed by atoms with Crippen LogP contribution in [0, 0.1) is 0 Å². The van der Waals surface area contributed by atoms with Crippen molar-refractivity contribution in [2.24, 2.45) is 0 Å². The lowest BCUT2D eigenvalue weighted by Gasteiger charge is -2.08. The second-order valence-corrected chi connectivity index (χ2v) is 7.57. The summed E-state index contributed by atoms with van der Waals surface area (Å²) < 4.78 is 1.57. The molecule has 0 fully saturated rings. The lowest BCUT2D eigenvalue weighted by atomic mass is 10.0. The number of nitrogens with zero attached hydrogens (tertiary/aromatic N) is 4. The van der Waals surface area contributed by atoms with Crippen LogP contribution < -0.4 is 10.6 Å². The maximum absolute atomic E-state index is 12.1. The van der Waals surface area contributed by atoms with Gasteiger partial charge in [0, 0.05) is 6.54 Å². The van der Waals surface area contributed by atoms with Crippen LogP contribution in [0.3, 0.4) is 0 Å². The molecule has 0 atom stereocenters. The number of thioether (sulfide) groups is 1. The quantitative estimate of drug-likeness (QED) is 0.581. The minimum Gasteiger partial charge on any atom is -0.334 e. The number of imide groups is 1. The summed E-state index contributed by atoms with van der Waals surface area (Å²) in [5.74, 6) is 0.0252. The average molecular weight is 411 g/mol. The van der Waals surface area contributed by atoms with Crippen molar-refractivity contribution in [1.82, 2.24) is 30.8 Å². The van der Waals surface area contributed by atoms with Crippen LogP contribution in [-0.2, 0) is 11.3 Å². The number of rotatable bonds is 7. The van der Waals surface area contributed by atoms with Crippen molar-refractivity contribution in [2.75, 3.05) is 5.75 Å². The topological polar surface area (TPSA) is 102 Å². The van der Waals surface area contributed by atoms with Crippen molar-refractivity contribution in [3.8, 4) is 5.69 Å². The Labute approximate surface area is 173 Å². The molecule has 0 bridgehead atoms. The van der Waals surface area contributed by atoms with Gasteiger partial charge in [0.25, 0.3) is 0 Å². The number of hydrogen-bond donors (Lipinski definition) is 2. The van der Waals surface area contributed by atoms with E-state index in [4.69, 9.17) is 0 Å². The lowest BCUT2D eigenvalue weighted by molar-refractivity contribution is -0.117. The molecule has 0 saturated carbocycles. The summed E-state index contributed by atoms with van der Waals surface area (Å²) in [6.45, 7) is 4.60. The van der Waals surface area contributed by atoms with Gasteiger partial charge < -0.3 is 5.32 Å². The minimum atomic E-state index is -0.539. The fraction of sp³-hybridized carbons (Fsp3) is 0.250. The zero-order valence-electron chi connectivity index (χ0n) is 16.2. The summed E-state index contributed by atoms with van der Waals surface area (Å²) in [6.07, 6.45) is 0. The molecule has 9 heteroatoms. The Morgan fingerprint density at radius 1 is 1.07 bits per heavy atom. The number of urea groups is 1. The molecule has 2 aromatic carbocycles. The normalized spacial score (nSPS) is 10.7. The van der Waals surface area contributed by atoms with Crippen LogP contribution in [-0.4, -0.2) is 37.9 Å². The van der Waals surface area contributed by atoms with E-state index < -0.39 is 11.9 Å². The summed E-state index contributed by atoms with van der Waals surface area (Å²) in [4.78, 5) is 23.9. The van der Waals surface area contributed by atoms with Gasteiger partial charge in [0.15, 0.2) is 0 Å². The number of carbonyl (C=O) groups is 2. The molecule has 1 heterocycles. The largest absolute Gasteiger partial charge is 0.334 e. The highest BCUT2D eigenvalue weighted by Crippen LogP contribution is 2.20. The van der Waals surface area contributed by atoms with E-state index in [1.807, 2.05) is 54.6 Å². The SMILES string of the molecule is CC(C)c1ccc(-n2nnnc2SCC(=O)NC(=O)NCc2ccccc2)cc1. The summed E-state index contributed by atoms with van der Waals surface area (Å²) in [5, 5.41) is 17.1. The van der Waals surface area contributed by atoms with Crippen LogP contribution in [0.2, 0.25) is 0 Å². The first-order valence-electron chi connectivity index (χ1n) is 9.16. The van der Waals surface area contributed by atoms with Crippen LogP contribution in [0.1, 0.15) is 30.9 Å². The Morgan fingerprint density at radius 2 is 1.79 bits per heavy atom. The molecule has 2 N–H and O–H groups in total. The molecule has 0 aliphatic rings. The molecule has 0 aliphatic heterocycles. The summed E-state index contributed by atoms with van der Waals surface area (Å²) in [5.41, 5.74) is 2.98.